The average molecular weight is 444 g/mol. The topological polar surface area (TPSA) is 67.9 Å². The van der Waals surface area contributed by atoms with Crippen LogP contribution in [-0.2, 0) is 15.7 Å². The maximum Gasteiger partial charge on any atom is 0.418 e. The van der Waals surface area contributed by atoms with Crippen LogP contribution in [0.4, 0.5) is 23.7 Å². The summed E-state index contributed by atoms with van der Waals surface area (Å²) in [5, 5.41) is 2.94. The number of hydrogen-bond donors (Lipinski definition) is 1. The third kappa shape index (κ3) is 7.04. The van der Waals surface area contributed by atoms with Crippen LogP contribution in [0.5, 0.6) is 0 Å². The predicted octanol–water partition coefficient (Wildman–Crippen LogP) is 5.33. The molecule has 0 saturated carbocycles. The Morgan fingerprint density at radius 1 is 1.19 bits per heavy atom. The Kier molecular flexibility index (Phi) is 7.83. The lowest BCUT2D eigenvalue weighted by molar-refractivity contribution is -0.137. The number of anilines is 1. The lowest BCUT2D eigenvalue weighted by Gasteiger charge is -2.36. The Labute approximate surface area is 181 Å². The molecule has 6 nitrogen and oxygen atoms in total. The van der Waals surface area contributed by atoms with Gasteiger partial charge in [-0.15, -0.1) is 0 Å². The molecular weight excluding hydrogens is 413 g/mol. The minimum atomic E-state index is -4.56. The Morgan fingerprint density at radius 2 is 1.81 bits per heavy atom. The summed E-state index contributed by atoms with van der Waals surface area (Å²) < 4.78 is 50.7. The first-order valence-electron chi connectivity index (χ1n) is 10.4. The number of piperidine rings is 1. The van der Waals surface area contributed by atoms with Gasteiger partial charge in [0, 0.05) is 24.8 Å². The minimum absolute atomic E-state index is 0.0595. The van der Waals surface area contributed by atoms with Crippen LogP contribution in [0.1, 0.15) is 63.4 Å². The van der Waals surface area contributed by atoms with Gasteiger partial charge in [-0.05, 0) is 71.6 Å². The second kappa shape index (κ2) is 9.78. The predicted molar refractivity (Wildman–Crippen MR) is 111 cm³/mol. The van der Waals surface area contributed by atoms with E-state index in [-0.39, 0.29) is 35.9 Å². The average Bonchev–Trinajstić information content (AvgIpc) is 2.66. The highest BCUT2D eigenvalue weighted by Gasteiger charge is 2.35. The van der Waals surface area contributed by atoms with Gasteiger partial charge in [0.25, 0.3) is 0 Å². The molecule has 31 heavy (non-hydrogen) atoms. The fraction of sp³-hybridized carbons (Fsp3) is 0.636. The van der Waals surface area contributed by atoms with Crippen LogP contribution < -0.4 is 5.32 Å². The van der Waals surface area contributed by atoms with E-state index < -0.39 is 23.3 Å². The fourth-order valence-electron chi connectivity index (χ4n) is 3.52. The number of esters is 1. The molecule has 1 saturated heterocycles. The molecule has 1 unspecified atom stereocenters. The van der Waals surface area contributed by atoms with Crippen LogP contribution >= 0.6 is 0 Å². The number of halogens is 3. The Hall–Kier alpha value is -2.45. The molecule has 0 spiro atoms. The minimum Gasteiger partial charge on any atom is -0.462 e. The quantitative estimate of drug-likeness (QED) is 0.622. The molecular formula is C22H31F3N2O4. The SMILES string of the molecule is CCOC(=O)c1ccc(C(F)(F)F)c(NC(C)C2CCN(C(=O)OC(C)(C)C)CC2)c1. The van der Waals surface area contributed by atoms with E-state index in [0.717, 1.165) is 12.1 Å². The summed E-state index contributed by atoms with van der Waals surface area (Å²) in [6.07, 6.45) is -3.68. The molecule has 1 N–H and O–H groups in total. The van der Waals surface area contributed by atoms with E-state index in [1.165, 1.54) is 6.07 Å². The third-order valence-corrected chi connectivity index (χ3v) is 5.12. The van der Waals surface area contributed by atoms with Gasteiger partial charge in [-0.3, -0.25) is 0 Å². The Morgan fingerprint density at radius 3 is 2.32 bits per heavy atom. The fourth-order valence-corrected chi connectivity index (χ4v) is 3.52. The summed E-state index contributed by atoms with van der Waals surface area (Å²) in [5.41, 5.74) is -1.51. The van der Waals surface area contributed by atoms with Crippen molar-refractivity contribution in [3.8, 4) is 0 Å². The molecule has 1 aromatic carbocycles. The molecule has 2 rings (SSSR count). The van der Waals surface area contributed by atoms with E-state index in [1.807, 2.05) is 6.92 Å². The van der Waals surface area contributed by atoms with Crippen molar-refractivity contribution in [2.24, 2.45) is 5.92 Å². The number of nitrogens with zero attached hydrogens (tertiary/aromatic N) is 1. The zero-order chi connectivity index (χ0) is 23.4. The number of ether oxygens (including phenoxy) is 2. The van der Waals surface area contributed by atoms with Crippen molar-refractivity contribution in [2.45, 2.75) is 65.3 Å². The van der Waals surface area contributed by atoms with Crippen LogP contribution in [0.3, 0.4) is 0 Å². The second-order valence-corrected chi connectivity index (χ2v) is 8.72. The Bertz CT molecular complexity index is 782. The second-order valence-electron chi connectivity index (χ2n) is 8.72. The molecule has 1 aromatic rings. The van der Waals surface area contributed by atoms with Crippen molar-refractivity contribution in [1.29, 1.82) is 0 Å². The van der Waals surface area contributed by atoms with Gasteiger partial charge in [0.15, 0.2) is 0 Å². The zero-order valence-corrected chi connectivity index (χ0v) is 18.6. The van der Waals surface area contributed by atoms with Crippen LogP contribution in [0.2, 0.25) is 0 Å². The number of benzene rings is 1. The molecule has 0 aromatic heterocycles. The van der Waals surface area contributed by atoms with Gasteiger partial charge in [0.1, 0.15) is 5.60 Å². The molecule has 1 fully saturated rings. The standard InChI is InChI=1S/C22H31F3N2O4/c1-6-30-19(28)16-7-8-17(22(23,24)25)18(13-16)26-14(2)15-9-11-27(12-10-15)20(29)31-21(3,4)5/h7-8,13-15,26H,6,9-12H2,1-5H3. The van der Waals surface area contributed by atoms with Crippen molar-refractivity contribution in [3.63, 3.8) is 0 Å². The molecule has 9 heteroatoms. The normalized spacial score (nSPS) is 16.6. The first kappa shape index (κ1) is 24.8. The van der Waals surface area contributed by atoms with Crippen LogP contribution in [0, 0.1) is 5.92 Å². The number of likely N-dealkylation sites (tertiary alicyclic amines) is 1. The maximum absolute atomic E-state index is 13.5. The largest absolute Gasteiger partial charge is 0.462 e. The first-order chi connectivity index (χ1) is 14.3. The van der Waals surface area contributed by atoms with E-state index in [0.29, 0.717) is 25.9 Å². The highest BCUT2D eigenvalue weighted by Crippen LogP contribution is 2.36. The van der Waals surface area contributed by atoms with Gasteiger partial charge in [-0.25, -0.2) is 9.59 Å². The van der Waals surface area contributed by atoms with Crippen LogP contribution in [0.15, 0.2) is 18.2 Å². The number of alkyl halides is 3. The molecule has 1 atom stereocenters. The number of carbonyl (C=O) groups is 2. The zero-order valence-electron chi connectivity index (χ0n) is 18.6. The van der Waals surface area contributed by atoms with Gasteiger partial charge in [0.2, 0.25) is 0 Å². The molecule has 1 amide bonds. The Balaban J connectivity index is 2.09. The molecule has 1 aliphatic rings. The van der Waals surface area contributed by atoms with Crippen molar-refractivity contribution in [3.05, 3.63) is 29.3 Å². The maximum atomic E-state index is 13.5. The van der Waals surface area contributed by atoms with Crippen molar-refractivity contribution < 1.29 is 32.2 Å². The number of amides is 1. The van der Waals surface area contributed by atoms with E-state index in [9.17, 15) is 22.8 Å². The summed E-state index contributed by atoms with van der Waals surface area (Å²) in [7, 11) is 0. The highest BCUT2D eigenvalue weighted by atomic mass is 19.4. The molecule has 0 bridgehead atoms. The monoisotopic (exact) mass is 444 g/mol. The number of rotatable bonds is 5. The van der Waals surface area contributed by atoms with Crippen molar-refractivity contribution in [1.82, 2.24) is 4.90 Å². The summed E-state index contributed by atoms with van der Waals surface area (Å²) >= 11 is 0. The van der Waals surface area contributed by atoms with Crippen molar-refractivity contribution in [2.75, 3.05) is 25.0 Å². The number of nitrogens with one attached hydrogen (secondary N) is 1. The molecule has 1 heterocycles. The van der Waals surface area contributed by atoms with E-state index in [1.54, 1.807) is 32.6 Å². The van der Waals surface area contributed by atoms with E-state index in [4.69, 9.17) is 9.47 Å². The van der Waals surface area contributed by atoms with Crippen LogP contribution in [-0.4, -0.2) is 48.3 Å². The van der Waals surface area contributed by atoms with Gasteiger partial charge < -0.3 is 19.7 Å². The van der Waals surface area contributed by atoms with Crippen molar-refractivity contribution >= 4 is 17.7 Å². The van der Waals surface area contributed by atoms with Crippen LogP contribution in [0.25, 0.3) is 0 Å². The molecule has 0 aliphatic carbocycles. The van der Waals surface area contributed by atoms with Gasteiger partial charge >= 0.3 is 18.2 Å². The molecule has 1 aliphatic heterocycles. The summed E-state index contributed by atoms with van der Waals surface area (Å²) in [6.45, 7) is 9.92. The molecule has 174 valence electrons. The van der Waals surface area contributed by atoms with Gasteiger partial charge in [0.05, 0.1) is 17.7 Å². The smallest absolute Gasteiger partial charge is 0.418 e. The number of carbonyl (C=O) groups excluding carboxylic acids is 2. The summed E-state index contributed by atoms with van der Waals surface area (Å²) in [6, 6.07) is 2.91. The highest BCUT2D eigenvalue weighted by molar-refractivity contribution is 5.91. The lowest BCUT2D eigenvalue weighted by atomic mass is 9.90. The molecule has 0 radical (unpaired) electrons. The summed E-state index contributed by atoms with van der Waals surface area (Å²) in [4.78, 5) is 25.8. The van der Waals surface area contributed by atoms with Gasteiger partial charge in [-0.1, -0.05) is 0 Å². The van der Waals surface area contributed by atoms with E-state index in [2.05, 4.69) is 5.32 Å². The number of hydrogen-bond acceptors (Lipinski definition) is 5. The lowest BCUT2D eigenvalue weighted by Crippen LogP contribution is -2.44. The van der Waals surface area contributed by atoms with Gasteiger partial charge in [-0.2, -0.15) is 13.2 Å². The first-order valence-corrected chi connectivity index (χ1v) is 10.4. The summed E-state index contributed by atoms with van der Waals surface area (Å²) in [5.74, 6) is -0.608. The third-order valence-electron chi connectivity index (χ3n) is 5.12. The van der Waals surface area contributed by atoms with E-state index >= 15 is 0 Å².